The molecule has 0 aromatic heterocycles. The number of benzene rings is 2. The number of Topliss-reactive ketones (excluding diaryl/α,β-unsaturated/α-hetero) is 1. The molecule has 0 spiro atoms. The summed E-state index contributed by atoms with van der Waals surface area (Å²) in [5, 5.41) is 20.2. The first kappa shape index (κ1) is 18.7. The Kier molecular flexibility index (Phi) is 5.04. The molecule has 5 heteroatoms. The maximum absolute atomic E-state index is 12.9. The van der Waals surface area contributed by atoms with Crippen LogP contribution in [0.25, 0.3) is 0 Å². The molecule has 0 fully saturated rings. The second-order valence-electron chi connectivity index (χ2n) is 7.24. The first-order valence-electron chi connectivity index (χ1n) is 8.95. The molecule has 3 rings (SSSR count). The topological polar surface area (TPSA) is 77.8 Å². The summed E-state index contributed by atoms with van der Waals surface area (Å²) < 4.78 is 0. The average molecular weight is 365 g/mol. The maximum Gasteiger partial charge on any atom is 0.294 e. The molecule has 0 saturated heterocycles. The molecule has 0 radical (unpaired) electrons. The number of amides is 1. The van der Waals surface area contributed by atoms with E-state index >= 15 is 0 Å². The fourth-order valence-corrected chi connectivity index (χ4v) is 3.43. The highest BCUT2D eigenvalue weighted by Gasteiger charge is 2.44. The van der Waals surface area contributed by atoms with E-state index in [9.17, 15) is 19.8 Å². The van der Waals surface area contributed by atoms with Gasteiger partial charge in [-0.2, -0.15) is 0 Å². The van der Waals surface area contributed by atoms with Gasteiger partial charge in [0.1, 0.15) is 5.75 Å². The third kappa shape index (κ3) is 3.45. The Morgan fingerprint density at radius 3 is 2.30 bits per heavy atom. The lowest BCUT2D eigenvalue weighted by Gasteiger charge is -2.28. The number of aromatic hydroxyl groups is 1. The van der Waals surface area contributed by atoms with Crippen molar-refractivity contribution >= 4 is 17.4 Å². The Labute approximate surface area is 158 Å². The van der Waals surface area contributed by atoms with Gasteiger partial charge in [-0.15, -0.1) is 0 Å². The van der Waals surface area contributed by atoms with Crippen molar-refractivity contribution in [2.45, 2.75) is 33.2 Å². The Balaban J connectivity index is 2.17. The van der Waals surface area contributed by atoms with Crippen LogP contribution in [-0.4, -0.2) is 21.9 Å². The summed E-state index contributed by atoms with van der Waals surface area (Å²) in [6.45, 7) is 5.71. The van der Waals surface area contributed by atoms with E-state index in [0.717, 1.165) is 5.56 Å². The van der Waals surface area contributed by atoms with Gasteiger partial charge in [0.2, 0.25) is 0 Å². The van der Waals surface area contributed by atoms with Crippen LogP contribution in [0.2, 0.25) is 0 Å². The molecule has 2 aromatic rings. The van der Waals surface area contributed by atoms with Crippen molar-refractivity contribution in [2.75, 3.05) is 4.90 Å². The van der Waals surface area contributed by atoms with Crippen molar-refractivity contribution < 1.29 is 19.8 Å². The number of carbonyl (C=O) groups excluding carboxylic acids is 2. The molecule has 0 saturated carbocycles. The van der Waals surface area contributed by atoms with Gasteiger partial charge in [-0.05, 0) is 42.2 Å². The van der Waals surface area contributed by atoms with Gasteiger partial charge in [0.25, 0.3) is 5.91 Å². The first-order valence-corrected chi connectivity index (χ1v) is 8.95. The minimum absolute atomic E-state index is 0.0915. The van der Waals surface area contributed by atoms with Gasteiger partial charge in [0.05, 0.1) is 11.6 Å². The van der Waals surface area contributed by atoms with Crippen molar-refractivity contribution in [3.8, 4) is 5.75 Å². The number of rotatable bonds is 5. The number of ketones is 1. The number of anilines is 1. The number of phenolic OH excluding ortho intramolecular Hbond substituents is 1. The predicted octanol–water partition coefficient (Wildman–Crippen LogP) is 4.22. The van der Waals surface area contributed by atoms with E-state index in [4.69, 9.17) is 0 Å². The number of hydrogen-bond donors (Lipinski definition) is 2. The summed E-state index contributed by atoms with van der Waals surface area (Å²) in [7, 11) is 0. The van der Waals surface area contributed by atoms with Crippen molar-refractivity contribution in [1.29, 1.82) is 0 Å². The zero-order valence-electron chi connectivity index (χ0n) is 15.6. The largest absolute Gasteiger partial charge is 0.508 e. The third-order valence-corrected chi connectivity index (χ3v) is 4.69. The maximum atomic E-state index is 12.9. The van der Waals surface area contributed by atoms with Crippen LogP contribution in [-0.2, 0) is 9.59 Å². The number of nitrogens with zero attached hydrogens (tertiary/aromatic N) is 1. The number of aliphatic hydroxyl groups is 1. The van der Waals surface area contributed by atoms with Crippen LogP contribution in [0.5, 0.6) is 5.75 Å². The van der Waals surface area contributed by atoms with Crippen molar-refractivity contribution in [3.05, 3.63) is 71.0 Å². The molecule has 1 heterocycles. The van der Waals surface area contributed by atoms with E-state index < -0.39 is 17.7 Å². The number of phenols is 1. The van der Waals surface area contributed by atoms with Crippen LogP contribution in [0, 0.1) is 12.8 Å². The first-order chi connectivity index (χ1) is 12.8. The Hall–Kier alpha value is -3.08. The van der Waals surface area contributed by atoms with Gasteiger partial charge in [-0.1, -0.05) is 44.2 Å². The van der Waals surface area contributed by atoms with Crippen LogP contribution in [0.3, 0.4) is 0 Å². The van der Waals surface area contributed by atoms with Gasteiger partial charge in [-0.3, -0.25) is 14.5 Å². The second-order valence-corrected chi connectivity index (χ2v) is 7.24. The van der Waals surface area contributed by atoms with Crippen LogP contribution in [0.1, 0.15) is 37.4 Å². The zero-order chi connectivity index (χ0) is 19.7. The van der Waals surface area contributed by atoms with E-state index in [2.05, 4.69) is 0 Å². The molecule has 1 aliphatic heterocycles. The summed E-state index contributed by atoms with van der Waals surface area (Å²) in [6.07, 6.45) is 0.239. The lowest BCUT2D eigenvalue weighted by atomic mass is 9.92. The molecule has 1 aliphatic rings. The van der Waals surface area contributed by atoms with Gasteiger partial charge in [-0.25, -0.2) is 0 Å². The van der Waals surface area contributed by atoms with Crippen molar-refractivity contribution in [1.82, 2.24) is 0 Å². The summed E-state index contributed by atoms with van der Waals surface area (Å²) in [5.74, 6) is -1.14. The Morgan fingerprint density at radius 2 is 1.70 bits per heavy atom. The lowest BCUT2D eigenvalue weighted by Crippen LogP contribution is -2.31. The van der Waals surface area contributed by atoms with E-state index in [1.807, 2.05) is 39.0 Å². The fourth-order valence-electron chi connectivity index (χ4n) is 3.43. The highest BCUT2D eigenvalue weighted by Crippen LogP contribution is 2.42. The summed E-state index contributed by atoms with van der Waals surface area (Å²) in [4.78, 5) is 27.3. The zero-order valence-corrected chi connectivity index (χ0v) is 15.6. The smallest absolute Gasteiger partial charge is 0.294 e. The van der Waals surface area contributed by atoms with Gasteiger partial charge < -0.3 is 10.2 Å². The molecule has 0 aliphatic carbocycles. The molecule has 2 N–H and O–H groups in total. The van der Waals surface area contributed by atoms with Crippen molar-refractivity contribution in [3.63, 3.8) is 0 Å². The number of carbonyl (C=O) groups is 2. The molecular formula is C22H23NO4. The van der Waals surface area contributed by atoms with Crippen LogP contribution in [0.15, 0.2) is 59.9 Å². The lowest BCUT2D eigenvalue weighted by molar-refractivity contribution is -0.118. The average Bonchev–Trinajstić information content (AvgIpc) is 2.87. The summed E-state index contributed by atoms with van der Waals surface area (Å²) in [5.41, 5.74) is 2.27. The SMILES string of the molecule is Cc1ccccc1N1C(=O)C(O)=C(C(=O)CC(C)C)C1c1ccc(O)cc1. The number of hydrogen-bond acceptors (Lipinski definition) is 4. The van der Waals surface area contributed by atoms with E-state index in [1.165, 1.54) is 17.0 Å². The van der Waals surface area contributed by atoms with Crippen LogP contribution in [0.4, 0.5) is 5.69 Å². The molecule has 27 heavy (non-hydrogen) atoms. The van der Waals surface area contributed by atoms with E-state index in [1.54, 1.807) is 18.2 Å². The standard InChI is InChI=1S/C22H23NO4/c1-13(2)12-18(25)19-20(15-8-10-16(24)11-9-15)23(22(27)21(19)26)17-7-5-4-6-14(17)3/h4-11,13,20,24,26H,12H2,1-3H3. The van der Waals surface area contributed by atoms with E-state index in [0.29, 0.717) is 11.3 Å². The molecule has 140 valence electrons. The Morgan fingerprint density at radius 1 is 1.07 bits per heavy atom. The minimum Gasteiger partial charge on any atom is -0.508 e. The molecular weight excluding hydrogens is 342 g/mol. The Bertz CT molecular complexity index is 912. The minimum atomic E-state index is -0.731. The third-order valence-electron chi connectivity index (χ3n) is 4.69. The van der Waals surface area contributed by atoms with Crippen LogP contribution < -0.4 is 4.90 Å². The van der Waals surface area contributed by atoms with E-state index in [-0.39, 0.29) is 29.4 Å². The molecule has 1 atom stereocenters. The highest BCUT2D eigenvalue weighted by molar-refractivity contribution is 6.16. The molecule has 2 aromatic carbocycles. The molecule has 5 nitrogen and oxygen atoms in total. The summed E-state index contributed by atoms with van der Waals surface area (Å²) >= 11 is 0. The number of aryl methyl sites for hydroxylation is 1. The molecule has 1 unspecified atom stereocenters. The normalized spacial score (nSPS) is 17.1. The van der Waals surface area contributed by atoms with Crippen molar-refractivity contribution in [2.24, 2.45) is 5.92 Å². The second kappa shape index (κ2) is 7.27. The molecule has 0 bridgehead atoms. The quantitative estimate of drug-likeness (QED) is 0.832. The van der Waals surface area contributed by atoms with Gasteiger partial charge in [0, 0.05) is 12.1 Å². The highest BCUT2D eigenvalue weighted by atomic mass is 16.3. The van der Waals surface area contributed by atoms with Crippen LogP contribution >= 0.6 is 0 Å². The molecule has 1 amide bonds. The number of para-hydroxylation sites is 1. The predicted molar refractivity (Wildman–Crippen MR) is 104 cm³/mol. The fraction of sp³-hybridized carbons (Fsp3) is 0.273. The number of aliphatic hydroxyl groups excluding tert-OH is 1. The monoisotopic (exact) mass is 365 g/mol. The summed E-state index contributed by atoms with van der Waals surface area (Å²) in [6, 6.07) is 13.0. The van der Waals surface area contributed by atoms with Gasteiger partial charge in [0.15, 0.2) is 11.5 Å². The van der Waals surface area contributed by atoms with Gasteiger partial charge >= 0.3 is 0 Å².